The molecule has 2 aromatic carbocycles. The van der Waals surface area contributed by atoms with Crippen molar-refractivity contribution in [2.75, 3.05) is 5.32 Å². The molecule has 1 N–H and O–H groups in total. The minimum atomic E-state index is -0.382. The van der Waals surface area contributed by atoms with E-state index in [4.69, 9.17) is 11.6 Å². The van der Waals surface area contributed by atoms with Gasteiger partial charge in [-0.2, -0.15) is 0 Å². The van der Waals surface area contributed by atoms with E-state index in [9.17, 15) is 4.79 Å². The second kappa shape index (κ2) is 4.09. The van der Waals surface area contributed by atoms with Crippen LogP contribution in [0.1, 0.15) is 23.5 Å². The third-order valence-electron chi connectivity index (χ3n) is 4.35. The zero-order valence-electron chi connectivity index (χ0n) is 10.5. The molecule has 4 heteroatoms. The molecule has 2 unspecified atom stereocenters. The monoisotopic (exact) mass is 347 g/mol. The predicted octanol–water partition coefficient (Wildman–Crippen LogP) is 4.48. The van der Waals surface area contributed by atoms with Crippen molar-refractivity contribution in [3.63, 3.8) is 0 Å². The molecule has 4 rings (SSSR count). The summed E-state index contributed by atoms with van der Waals surface area (Å²) in [4.78, 5) is 12.4. The van der Waals surface area contributed by atoms with Gasteiger partial charge in [-0.15, -0.1) is 0 Å². The van der Waals surface area contributed by atoms with Gasteiger partial charge in [-0.1, -0.05) is 39.7 Å². The van der Waals surface area contributed by atoms with Gasteiger partial charge in [0, 0.05) is 21.1 Å². The molecule has 20 heavy (non-hydrogen) atoms. The molecule has 2 aromatic rings. The Morgan fingerprint density at radius 2 is 1.95 bits per heavy atom. The zero-order chi connectivity index (χ0) is 13.9. The standard InChI is InChI=1S/C16H11BrClNO/c17-10-3-6-14-12(7-10)16(15(20)19-14)8-13(16)9-1-4-11(18)5-2-9/h1-7,13H,8H2,(H,19,20). The summed E-state index contributed by atoms with van der Waals surface area (Å²) in [5, 5.41) is 3.73. The first kappa shape index (κ1) is 12.4. The first-order valence-electron chi connectivity index (χ1n) is 6.48. The Labute approximate surface area is 130 Å². The number of anilines is 1. The Kier molecular flexibility index (Phi) is 2.54. The molecular weight excluding hydrogens is 338 g/mol. The van der Waals surface area contributed by atoms with Crippen molar-refractivity contribution in [3.8, 4) is 0 Å². The average molecular weight is 349 g/mol. The third-order valence-corrected chi connectivity index (χ3v) is 5.09. The molecule has 1 fully saturated rings. The zero-order valence-corrected chi connectivity index (χ0v) is 12.8. The summed E-state index contributed by atoms with van der Waals surface area (Å²) >= 11 is 9.43. The third kappa shape index (κ3) is 1.60. The Balaban J connectivity index is 1.79. The van der Waals surface area contributed by atoms with E-state index in [2.05, 4.69) is 27.3 Å². The van der Waals surface area contributed by atoms with E-state index in [1.165, 1.54) is 5.56 Å². The van der Waals surface area contributed by atoms with Crippen LogP contribution in [0.3, 0.4) is 0 Å². The topological polar surface area (TPSA) is 29.1 Å². The van der Waals surface area contributed by atoms with Gasteiger partial charge in [0.25, 0.3) is 0 Å². The Hall–Kier alpha value is -1.32. The Morgan fingerprint density at radius 3 is 2.70 bits per heavy atom. The number of hydrogen-bond acceptors (Lipinski definition) is 1. The van der Waals surface area contributed by atoms with Crippen LogP contribution in [-0.4, -0.2) is 5.91 Å². The molecule has 100 valence electrons. The number of benzene rings is 2. The molecule has 0 saturated heterocycles. The first-order valence-corrected chi connectivity index (χ1v) is 7.65. The molecule has 2 nitrogen and oxygen atoms in total. The van der Waals surface area contributed by atoms with Crippen molar-refractivity contribution >= 4 is 39.1 Å². The summed E-state index contributed by atoms with van der Waals surface area (Å²) in [6.07, 6.45) is 0.865. The molecule has 1 amide bonds. The van der Waals surface area contributed by atoms with Crippen molar-refractivity contribution in [3.05, 3.63) is 63.1 Å². The highest BCUT2D eigenvalue weighted by Gasteiger charge is 2.65. The normalized spacial score (nSPS) is 26.5. The van der Waals surface area contributed by atoms with Gasteiger partial charge in [0.2, 0.25) is 5.91 Å². The second-order valence-electron chi connectivity index (χ2n) is 5.42. The van der Waals surface area contributed by atoms with Crippen molar-refractivity contribution < 1.29 is 4.79 Å². The van der Waals surface area contributed by atoms with Crippen molar-refractivity contribution in [1.82, 2.24) is 0 Å². The van der Waals surface area contributed by atoms with Crippen LogP contribution in [0.5, 0.6) is 0 Å². The summed E-state index contributed by atoms with van der Waals surface area (Å²) in [6, 6.07) is 13.8. The van der Waals surface area contributed by atoms with E-state index >= 15 is 0 Å². The first-order chi connectivity index (χ1) is 9.61. The number of carbonyl (C=O) groups is 1. The number of hydrogen-bond donors (Lipinski definition) is 1. The molecular formula is C16H11BrClNO. The molecule has 0 radical (unpaired) electrons. The Morgan fingerprint density at radius 1 is 1.20 bits per heavy atom. The minimum Gasteiger partial charge on any atom is -0.325 e. The molecule has 2 atom stereocenters. The van der Waals surface area contributed by atoms with Gasteiger partial charge in [0.15, 0.2) is 0 Å². The van der Waals surface area contributed by atoms with E-state index < -0.39 is 0 Å². The van der Waals surface area contributed by atoms with Crippen LogP contribution in [-0.2, 0) is 10.2 Å². The molecule has 1 aliphatic heterocycles. The molecule has 1 heterocycles. The van der Waals surface area contributed by atoms with Crippen LogP contribution in [0.2, 0.25) is 5.02 Å². The lowest BCUT2D eigenvalue weighted by Gasteiger charge is -2.09. The van der Waals surface area contributed by atoms with Gasteiger partial charge in [-0.3, -0.25) is 4.79 Å². The lowest BCUT2D eigenvalue weighted by atomic mass is 9.92. The van der Waals surface area contributed by atoms with E-state index in [1.54, 1.807) is 0 Å². The summed E-state index contributed by atoms with van der Waals surface area (Å²) in [7, 11) is 0. The van der Waals surface area contributed by atoms with Gasteiger partial charge in [-0.05, 0) is 47.9 Å². The fourth-order valence-electron chi connectivity index (χ4n) is 3.26. The fourth-order valence-corrected chi connectivity index (χ4v) is 3.75. The van der Waals surface area contributed by atoms with Gasteiger partial charge in [0.05, 0.1) is 5.41 Å². The largest absolute Gasteiger partial charge is 0.325 e. The Bertz CT molecular complexity index is 728. The SMILES string of the molecule is O=C1Nc2ccc(Br)cc2C12CC2c1ccc(Cl)cc1. The van der Waals surface area contributed by atoms with Crippen LogP contribution in [0.25, 0.3) is 0 Å². The van der Waals surface area contributed by atoms with Gasteiger partial charge in [0.1, 0.15) is 0 Å². The number of nitrogens with one attached hydrogen (secondary N) is 1. The van der Waals surface area contributed by atoms with E-state index in [1.807, 2.05) is 36.4 Å². The van der Waals surface area contributed by atoms with E-state index in [0.717, 1.165) is 27.2 Å². The van der Waals surface area contributed by atoms with Gasteiger partial charge in [-0.25, -0.2) is 0 Å². The number of fused-ring (bicyclic) bond motifs is 2. The average Bonchev–Trinajstić information content (AvgIpc) is 3.12. The molecule has 0 aromatic heterocycles. The highest BCUT2D eigenvalue weighted by Crippen LogP contribution is 2.65. The number of carbonyl (C=O) groups excluding carboxylic acids is 1. The van der Waals surface area contributed by atoms with E-state index in [-0.39, 0.29) is 17.2 Å². The van der Waals surface area contributed by atoms with Gasteiger partial charge >= 0.3 is 0 Å². The number of amides is 1. The minimum absolute atomic E-state index is 0.116. The van der Waals surface area contributed by atoms with Crippen LogP contribution >= 0.6 is 27.5 Å². The lowest BCUT2D eigenvalue weighted by Crippen LogP contribution is -2.20. The number of rotatable bonds is 1. The summed E-state index contributed by atoms with van der Waals surface area (Å²) < 4.78 is 1.01. The second-order valence-corrected chi connectivity index (χ2v) is 6.78. The molecule has 2 aliphatic rings. The fraction of sp³-hybridized carbons (Fsp3) is 0.188. The maximum atomic E-state index is 12.4. The highest BCUT2D eigenvalue weighted by atomic mass is 79.9. The van der Waals surface area contributed by atoms with Gasteiger partial charge < -0.3 is 5.32 Å². The van der Waals surface area contributed by atoms with Crippen molar-refractivity contribution in [1.29, 1.82) is 0 Å². The molecule has 1 aliphatic carbocycles. The quantitative estimate of drug-likeness (QED) is 0.809. The van der Waals surface area contributed by atoms with Crippen molar-refractivity contribution in [2.45, 2.75) is 17.8 Å². The highest BCUT2D eigenvalue weighted by molar-refractivity contribution is 9.10. The van der Waals surface area contributed by atoms with Crippen LogP contribution < -0.4 is 5.32 Å². The maximum Gasteiger partial charge on any atom is 0.235 e. The lowest BCUT2D eigenvalue weighted by molar-refractivity contribution is -0.118. The van der Waals surface area contributed by atoms with Crippen LogP contribution in [0, 0.1) is 0 Å². The maximum absolute atomic E-state index is 12.4. The number of halogens is 2. The molecule has 1 spiro atoms. The predicted molar refractivity (Wildman–Crippen MR) is 83.3 cm³/mol. The molecule has 1 saturated carbocycles. The van der Waals surface area contributed by atoms with E-state index in [0.29, 0.717) is 0 Å². The smallest absolute Gasteiger partial charge is 0.235 e. The van der Waals surface area contributed by atoms with Crippen molar-refractivity contribution in [2.24, 2.45) is 0 Å². The molecule has 0 bridgehead atoms. The van der Waals surface area contributed by atoms with Crippen LogP contribution in [0.15, 0.2) is 46.9 Å². The summed E-state index contributed by atoms with van der Waals surface area (Å²) in [5.41, 5.74) is 2.84. The summed E-state index contributed by atoms with van der Waals surface area (Å²) in [5.74, 6) is 0.362. The summed E-state index contributed by atoms with van der Waals surface area (Å²) in [6.45, 7) is 0. The van der Waals surface area contributed by atoms with Crippen LogP contribution in [0.4, 0.5) is 5.69 Å².